The Balaban J connectivity index is 0.00000112. The number of anilines is 1. The molecule has 2 rings (SSSR count). The summed E-state index contributed by atoms with van der Waals surface area (Å²) in [6.07, 6.45) is 0. The first-order valence-corrected chi connectivity index (χ1v) is 4.65. The van der Waals surface area contributed by atoms with Crippen LogP contribution in [0.3, 0.4) is 0 Å². The van der Waals surface area contributed by atoms with E-state index in [0.29, 0.717) is 0 Å². The third-order valence-electron chi connectivity index (χ3n) is 2.20. The van der Waals surface area contributed by atoms with Crippen LogP contribution in [0.5, 0.6) is 0 Å². The number of nitrogens with one attached hydrogen (secondary N) is 1. The molecule has 0 amide bonds. The van der Waals surface area contributed by atoms with E-state index in [0.717, 1.165) is 11.3 Å². The van der Waals surface area contributed by atoms with Crippen LogP contribution in [0.1, 0.15) is 0 Å². The Hall–Kier alpha value is -1.10. The van der Waals surface area contributed by atoms with Gasteiger partial charge >= 0.3 is 20.4 Å². The van der Waals surface area contributed by atoms with E-state index in [4.69, 9.17) is 0 Å². The van der Waals surface area contributed by atoms with Crippen LogP contribution in [0.15, 0.2) is 48.5 Å². The van der Waals surface area contributed by atoms with Crippen LogP contribution in [0, 0.1) is 6.07 Å². The van der Waals surface area contributed by atoms with Gasteiger partial charge in [0.25, 0.3) is 0 Å². The fourth-order valence-corrected chi connectivity index (χ4v) is 1.50. The van der Waals surface area contributed by atoms with E-state index in [9.17, 15) is 0 Å². The summed E-state index contributed by atoms with van der Waals surface area (Å²) < 4.78 is 0. The molecule has 1 nitrogen and oxygen atoms in total. The maximum absolute atomic E-state index is 3.22. The topological polar surface area (TPSA) is 12.0 Å². The summed E-state index contributed by atoms with van der Waals surface area (Å²) in [4.78, 5) is 0. The van der Waals surface area contributed by atoms with Crippen molar-refractivity contribution in [2.75, 3.05) is 12.4 Å². The number of rotatable bonds is 2. The molecule has 0 saturated carbocycles. The van der Waals surface area contributed by atoms with Gasteiger partial charge in [-0.1, -0.05) is 23.8 Å². The second-order valence-corrected chi connectivity index (χ2v) is 3.07. The van der Waals surface area contributed by atoms with Gasteiger partial charge in [-0.2, -0.15) is 0 Å². The van der Waals surface area contributed by atoms with Gasteiger partial charge in [-0.15, -0.1) is 35.9 Å². The Morgan fingerprint density at radius 1 is 1.00 bits per heavy atom. The first-order chi connectivity index (χ1) is 6.92. The van der Waals surface area contributed by atoms with Gasteiger partial charge in [-0.05, 0) is 11.8 Å². The van der Waals surface area contributed by atoms with E-state index < -0.39 is 0 Å². The third kappa shape index (κ3) is 2.68. The Bertz CT molecular complexity index is 412. The molecule has 2 heteroatoms. The maximum atomic E-state index is 3.22. The molecule has 0 heterocycles. The van der Waals surface area contributed by atoms with Crippen LogP contribution in [0.4, 0.5) is 5.69 Å². The predicted molar refractivity (Wildman–Crippen MR) is 60.3 cm³/mol. The Kier molecular flexibility index (Phi) is 4.55. The van der Waals surface area contributed by atoms with Crippen molar-refractivity contribution in [2.45, 2.75) is 0 Å². The van der Waals surface area contributed by atoms with E-state index in [1.165, 1.54) is 5.56 Å². The fourth-order valence-electron chi connectivity index (χ4n) is 1.50. The number of benzene rings is 2. The zero-order valence-electron chi connectivity index (χ0n) is 8.44. The minimum atomic E-state index is 0. The van der Waals surface area contributed by atoms with Crippen molar-refractivity contribution in [3.63, 3.8) is 0 Å². The summed E-state index contributed by atoms with van der Waals surface area (Å²) in [6, 6.07) is 19.4. The summed E-state index contributed by atoms with van der Waals surface area (Å²) >= 11 is 0. The van der Waals surface area contributed by atoms with Gasteiger partial charge in [0.1, 0.15) is 0 Å². The Labute approximate surface area is 104 Å². The number of hydrogen-bond acceptors (Lipinski definition) is 1. The molecule has 2 aromatic rings. The number of para-hydroxylation sites is 1. The first-order valence-electron chi connectivity index (χ1n) is 4.65. The molecule has 0 unspecified atom stereocenters. The SMILES string of the molecule is CNc1ccccc1-c1[c-]cccc1.[Pd+2]. The zero-order chi connectivity index (χ0) is 9.80. The number of hydrogen-bond donors (Lipinski definition) is 1. The second kappa shape index (κ2) is 5.70. The first kappa shape index (κ1) is 12.0. The van der Waals surface area contributed by atoms with E-state index in [1.807, 2.05) is 37.4 Å². The van der Waals surface area contributed by atoms with E-state index in [2.05, 4.69) is 29.6 Å². The molecule has 0 spiro atoms. The fraction of sp³-hybridized carbons (Fsp3) is 0.0769. The molecule has 0 saturated heterocycles. The third-order valence-corrected chi connectivity index (χ3v) is 2.20. The molecule has 0 aliphatic rings. The largest absolute Gasteiger partial charge is 2.00 e. The summed E-state index contributed by atoms with van der Waals surface area (Å²) in [5.74, 6) is 0. The molecule has 2 aromatic carbocycles. The van der Waals surface area contributed by atoms with Gasteiger partial charge in [0.2, 0.25) is 0 Å². The van der Waals surface area contributed by atoms with Crippen LogP contribution in [0.25, 0.3) is 11.1 Å². The van der Waals surface area contributed by atoms with Crippen LogP contribution in [-0.2, 0) is 20.4 Å². The van der Waals surface area contributed by atoms with E-state index >= 15 is 0 Å². The molecule has 0 fully saturated rings. The predicted octanol–water partition coefficient (Wildman–Crippen LogP) is 3.19. The Morgan fingerprint density at radius 2 is 1.73 bits per heavy atom. The summed E-state index contributed by atoms with van der Waals surface area (Å²) in [5, 5.41) is 3.17. The molecule has 0 radical (unpaired) electrons. The molecular formula is C13H12NPd+. The van der Waals surface area contributed by atoms with Crippen molar-refractivity contribution in [3.8, 4) is 11.1 Å². The maximum Gasteiger partial charge on any atom is 2.00 e. The van der Waals surface area contributed by atoms with Gasteiger partial charge in [0, 0.05) is 7.05 Å². The molecule has 0 bridgehead atoms. The quantitative estimate of drug-likeness (QED) is 0.661. The molecule has 78 valence electrons. The normalized spacial score (nSPS) is 9.13. The van der Waals surface area contributed by atoms with Crippen molar-refractivity contribution in [3.05, 3.63) is 54.6 Å². The summed E-state index contributed by atoms with van der Waals surface area (Å²) in [7, 11) is 1.93. The van der Waals surface area contributed by atoms with Crippen molar-refractivity contribution in [1.29, 1.82) is 0 Å². The van der Waals surface area contributed by atoms with Gasteiger partial charge in [-0.25, -0.2) is 0 Å². The van der Waals surface area contributed by atoms with E-state index in [1.54, 1.807) is 0 Å². The molecule has 0 aliphatic carbocycles. The van der Waals surface area contributed by atoms with Gasteiger partial charge in [0.15, 0.2) is 0 Å². The molecule has 15 heavy (non-hydrogen) atoms. The standard InChI is InChI=1S/C13H12N.Pd/c1-14-13-10-6-5-9-12(13)11-7-3-2-4-8-11;/h2-7,9-10,14H,1H3;/q-1;+2. The monoisotopic (exact) mass is 288 g/mol. The van der Waals surface area contributed by atoms with Crippen LogP contribution >= 0.6 is 0 Å². The van der Waals surface area contributed by atoms with Crippen molar-refractivity contribution in [2.24, 2.45) is 0 Å². The molecule has 0 aliphatic heterocycles. The van der Waals surface area contributed by atoms with Crippen LogP contribution in [-0.4, -0.2) is 7.05 Å². The Morgan fingerprint density at radius 3 is 2.40 bits per heavy atom. The van der Waals surface area contributed by atoms with Gasteiger partial charge in [-0.3, -0.25) is 0 Å². The zero-order valence-corrected chi connectivity index (χ0v) is 9.99. The molecular weight excluding hydrogens is 277 g/mol. The summed E-state index contributed by atoms with van der Waals surface area (Å²) in [6.45, 7) is 0. The van der Waals surface area contributed by atoms with E-state index in [-0.39, 0.29) is 20.4 Å². The van der Waals surface area contributed by atoms with Crippen molar-refractivity contribution < 1.29 is 20.4 Å². The second-order valence-electron chi connectivity index (χ2n) is 3.07. The van der Waals surface area contributed by atoms with Crippen LogP contribution < -0.4 is 5.32 Å². The van der Waals surface area contributed by atoms with Gasteiger partial charge in [0.05, 0.1) is 0 Å². The average Bonchev–Trinajstić information content (AvgIpc) is 2.30. The van der Waals surface area contributed by atoms with Crippen LogP contribution in [0.2, 0.25) is 0 Å². The minimum absolute atomic E-state index is 0. The summed E-state index contributed by atoms with van der Waals surface area (Å²) in [5.41, 5.74) is 3.45. The minimum Gasteiger partial charge on any atom is -0.395 e. The van der Waals surface area contributed by atoms with Gasteiger partial charge < -0.3 is 5.32 Å². The molecule has 0 atom stereocenters. The van der Waals surface area contributed by atoms with Crippen molar-refractivity contribution >= 4 is 5.69 Å². The molecule has 1 N–H and O–H groups in total. The smallest absolute Gasteiger partial charge is 0.395 e. The molecule has 0 aromatic heterocycles. The van der Waals surface area contributed by atoms with Crippen molar-refractivity contribution in [1.82, 2.24) is 0 Å². The average molecular weight is 289 g/mol.